The van der Waals surface area contributed by atoms with Crippen molar-refractivity contribution in [3.05, 3.63) is 29.3 Å². The van der Waals surface area contributed by atoms with Crippen LogP contribution in [0.1, 0.15) is 30.9 Å². The van der Waals surface area contributed by atoms with E-state index >= 15 is 0 Å². The first-order chi connectivity index (χ1) is 7.71. The van der Waals surface area contributed by atoms with Crippen molar-refractivity contribution in [1.29, 1.82) is 0 Å². The lowest BCUT2D eigenvalue weighted by molar-refractivity contribution is -0.138. The van der Waals surface area contributed by atoms with E-state index in [0.29, 0.717) is 10.5 Å². The average molecular weight is 263 g/mol. The van der Waals surface area contributed by atoms with Crippen LogP contribution >= 0.6 is 11.9 Å². The minimum absolute atomic E-state index is 0.134. The highest BCUT2D eigenvalue weighted by molar-refractivity contribution is 7.97. The Morgan fingerprint density at radius 1 is 1.18 bits per heavy atom. The molecule has 1 aromatic rings. The van der Waals surface area contributed by atoms with Crippen molar-refractivity contribution in [2.24, 2.45) is 0 Å². The summed E-state index contributed by atoms with van der Waals surface area (Å²) in [6.07, 6.45) is -4.29. The topological polar surface area (TPSA) is 3.24 Å². The van der Waals surface area contributed by atoms with Gasteiger partial charge in [-0.15, -0.1) is 0 Å². The van der Waals surface area contributed by atoms with Gasteiger partial charge in [-0.25, -0.2) is 0 Å². The molecule has 1 rings (SSSR count). The molecule has 0 amide bonds. The van der Waals surface area contributed by atoms with Crippen LogP contribution < -0.4 is 0 Å². The molecule has 0 fully saturated rings. The molecule has 5 heteroatoms. The average Bonchev–Trinajstić information content (AvgIpc) is 2.14. The van der Waals surface area contributed by atoms with Gasteiger partial charge in [0.2, 0.25) is 0 Å². The predicted octanol–water partition coefficient (Wildman–Crippen LogP) is 4.40. The zero-order valence-electron chi connectivity index (χ0n) is 10.3. The van der Waals surface area contributed by atoms with Gasteiger partial charge in [-0.3, -0.25) is 4.31 Å². The zero-order chi connectivity index (χ0) is 13.2. The van der Waals surface area contributed by atoms with Gasteiger partial charge < -0.3 is 0 Å². The van der Waals surface area contributed by atoms with Gasteiger partial charge >= 0.3 is 6.18 Å². The van der Waals surface area contributed by atoms with Crippen molar-refractivity contribution in [2.45, 2.75) is 30.8 Å². The highest BCUT2D eigenvalue weighted by atomic mass is 32.2. The van der Waals surface area contributed by atoms with Gasteiger partial charge in [0, 0.05) is 4.90 Å². The van der Waals surface area contributed by atoms with Crippen LogP contribution in [0.4, 0.5) is 13.2 Å². The SMILES string of the molecule is CC(C)c1ccc(SN(C)C)cc1C(F)(F)F. The minimum atomic E-state index is -4.29. The summed E-state index contributed by atoms with van der Waals surface area (Å²) in [7, 11) is 3.60. The molecule has 0 aliphatic heterocycles. The van der Waals surface area contributed by atoms with Gasteiger partial charge in [0.15, 0.2) is 0 Å². The Morgan fingerprint density at radius 3 is 2.18 bits per heavy atom. The summed E-state index contributed by atoms with van der Waals surface area (Å²) in [6, 6.07) is 4.52. The van der Waals surface area contributed by atoms with Gasteiger partial charge in [-0.1, -0.05) is 19.9 Å². The molecule has 0 aromatic heterocycles. The summed E-state index contributed by atoms with van der Waals surface area (Å²) in [5.74, 6) is -0.134. The van der Waals surface area contributed by atoms with Crippen LogP contribution in [-0.4, -0.2) is 18.4 Å². The van der Waals surface area contributed by atoms with Gasteiger partial charge in [-0.05, 0) is 49.7 Å². The van der Waals surface area contributed by atoms with E-state index in [0.717, 1.165) is 0 Å². The molecule has 0 bridgehead atoms. The standard InChI is InChI=1S/C12H16F3NS/c1-8(2)10-6-5-9(17-16(3)4)7-11(10)12(13,14)15/h5-8H,1-4H3. The summed E-state index contributed by atoms with van der Waals surface area (Å²) in [6.45, 7) is 3.53. The van der Waals surface area contributed by atoms with Crippen molar-refractivity contribution < 1.29 is 13.2 Å². The molecule has 1 nitrogen and oxygen atoms in total. The van der Waals surface area contributed by atoms with Crippen LogP contribution in [0.2, 0.25) is 0 Å². The van der Waals surface area contributed by atoms with Gasteiger partial charge in [0.05, 0.1) is 5.56 Å². The lowest BCUT2D eigenvalue weighted by Gasteiger charge is -2.17. The second kappa shape index (κ2) is 5.31. The van der Waals surface area contributed by atoms with Crippen molar-refractivity contribution in [3.8, 4) is 0 Å². The monoisotopic (exact) mass is 263 g/mol. The molecule has 0 radical (unpaired) electrons. The molecule has 0 spiro atoms. The quantitative estimate of drug-likeness (QED) is 0.744. The fraction of sp³-hybridized carbons (Fsp3) is 0.500. The second-order valence-corrected chi connectivity index (χ2v) is 5.69. The number of nitrogens with zero attached hydrogens (tertiary/aromatic N) is 1. The first-order valence-corrected chi connectivity index (χ1v) is 6.05. The highest BCUT2D eigenvalue weighted by Gasteiger charge is 2.34. The highest BCUT2D eigenvalue weighted by Crippen LogP contribution is 2.37. The van der Waals surface area contributed by atoms with Gasteiger partial charge in [-0.2, -0.15) is 13.2 Å². The fourth-order valence-corrected chi connectivity index (χ4v) is 2.27. The molecule has 0 atom stereocenters. The maximum atomic E-state index is 12.9. The molecule has 96 valence electrons. The van der Waals surface area contributed by atoms with Crippen LogP contribution in [0, 0.1) is 0 Å². The molecule has 0 heterocycles. The summed E-state index contributed by atoms with van der Waals surface area (Å²) >= 11 is 1.28. The first kappa shape index (κ1) is 14.4. The van der Waals surface area contributed by atoms with Crippen LogP contribution in [0.25, 0.3) is 0 Å². The van der Waals surface area contributed by atoms with Crippen LogP contribution in [0.3, 0.4) is 0 Å². The van der Waals surface area contributed by atoms with E-state index in [2.05, 4.69) is 0 Å². The molecular weight excluding hydrogens is 247 g/mol. The third-order valence-corrected chi connectivity index (χ3v) is 3.07. The van der Waals surface area contributed by atoms with Gasteiger partial charge in [0.25, 0.3) is 0 Å². The molecular formula is C12H16F3NS. The largest absolute Gasteiger partial charge is 0.416 e. The molecule has 0 N–H and O–H groups in total. The van der Waals surface area contributed by atoms with Crippen LogP contribution in [0.15, 0.2) is 23.1 Å². The maximum Gasteiger partial charge on any atom is 0.416 e. The van der Waals surface area contributed by atoms with E-state index < -0.39 is 11.7 Å². The van der Waals surface area contributed by atoms with E-state index in [1.807, 2.05) is 0 Å². The van der Waals surface area contributed by atoms with E-state index in [9.17, 15) is 13.2 Å². The smallest absolute Gasteiger partial charge is 0.253 e. The number of halogens is 3. The van der Waals surface area contributed by atoms with E-state index in [1.54, 1.807) is 44.4 Å². The summed E-state index contributed by atoms with van der Waals surface area (Å²) in [5.41, 5.74) is -0.181. The Bertz CT molecular complexity index is 386. The lowest BCUT2D eigenvalue weighted by Crippen LogP contribution is -2.10. The Morgan fingerprint density at radius 2 is 1.76 bits per heavy atom. The molecule has 0 unspecified atom stereocenters. The number of hydrogen-bond donors (Lipinski definition) is 0. The van der Waals surface area contributed by atoms with Crippen molar-refractivity contribution in [2.75, 3.05) is 14.1 Å². The van der Waals surface area contributed by atoms with Crippen LogP contribution in [0.5, 0.6) is 0 Å². The number of benzene rings is 1. The molecule has 1 aromatic carbocycles. The Kier molecular flexibility index (Phi) is 4.49. The summed E-state index contributed by atoms with van der Waals surface area (Å²) in [5, 5.41) is 0. The fourth-order valence-electron chi connectivity index (χ4n) is 1.55. The third-order valence-electron chi connectivity index (χ3n) is 2.24. The van der Waals surface area contributed by atoms with Crippen LogP contribution in [-0.2, 0) is 6.18 Å². The van der Waals surface area contributed by atoms with E-state index in [-0.39, 0.29) is 5.92 Å². The molecule has 0 aliphatic rings. The molecule has 0 aliphatic carbocycles. The molecule has 17 heavy (non-hydrogen) atoms. The number of hydrogen-bond acceptors (Lipinski definition) is 2. The number of rotatable bonds is 3. The first-order valence-electron chi connectivity index (χ1n) is 5.28. The lowest BCUT2D eigenvalue weighted by atomic mass is 9.97. The summed E-state index contributed by atoms with van der Waals surface area (Å²) in [4.78, 5) is 0.603. The Balaban J connectivity index is 3.20. The normalized spacial score (nSPS) is 12.5. The zero-order valence-corrected chi connectivity index (χ0v) is 11.1. The molecule has 0 saturated carbocycles. The predicted molar refractivity (Wildman–Crippen MR) is 65.1 cm³/mol. The molecule has 0 saturated heterocycles. The van der Waals surface area contributed by atoms with Gasteiger partial charge in [0.1, 0.15) is 0 Å². The maximum absolute atomic E-state index is 12.9. The van der Waals surface area contributed by atoms with E-state index in [4.69, 9.17) is 0 Å². The Labute approximate surface area is 104 Å². The van der Waals surface area contributed by atoms with Crippen molar-refractivity contribution >= 4 is 11.9 Å². The van der Waals surface area contributed by atoms with Crippen molar-refractivity contribution in [1.82, 2.24) is 4.31 Å². The summed E-state index contributed by atoms with van der Waals surface area (Å²) < 4.78 is 40.5. The van der Waals surface area contributed by atoms with Crippen molar-refractivity contribution in [3.63, 3.8) is 0 Å². The minimum Gasteiger partial charge on any atom is -0.253 e. The third kappa shape index (κ3) is 3.92. The van der Waals surface area contributed by atoms with E-state index in [1.165, 1.54) is 18.0 Å². The number of alkyl halides is 3. The second-order valence-electron chi connectivity index (χ2n) is 4.31. The Hall–Kier alpha value is -0.680.